The monoisotopic (exact) mass is 452 g/mol. The standard InChI is InChI=1S/C24H18ClFN2O4/c1-13-10-14(5-8-19(13)32-2)22(29)20-21(15-4-3-9-27-12-15)28(24(31)23(20)30)16-6-7-18(26)17(25)11-16/h3-12,21,29H,1-2H3/b22-20+. The molecule has 1 atom stereocenters. The molecule has 1 amide bonds. The number of amides is 1. The lowest BCUT2D eigenvalue weighted by Crippen LogP contribution is -2.29. The van der Waals surface area contributed by atoms with Gasteiger partial charge < -0.3 is 9.84 Å². The highest BCUT2D eigenvalue weighted by atomic mass is 35.5. The zero-order valence-electron chi connectivity index (χ0n) is 17.2. The average molecular weight is 453 g/mol. The summed E-state index contributed by atoms with van der Waals surface area (Å²) in [6, 6.07) is 11.0. The van der Waals surface area contributed by atoms with Crippen molar-refractivity contribution in [3.05, 3.63) is 94.0 Å². The third-order valence-electron chi connectivity index (χ3n) is 5.29. The molecule has 1 unspecified atom stereocenters. The summed E-state index contributed by atoms with van der Waals surface area (Å²) in [7, 11) is 1.53. The molecule has 6 nitrogen and oxygen atoms in total. The van der Waals surface area contributed by atoms with Crippen molar-refractivity contribution in [2.75, 3.05) is 12.0 Å². The summed E-state index contributed by atoms with van der Waals surface area (Å²) in [6.45, 7) is 1.80. The van der Waals surface area contributed by atoms with Gasteiger partial charge in [0.2, 0.25) is 0 Å². The lowest BCUT2D eigenvalue weighted by atomic mass is 9.95. The summed E-state index contributed by atoms with van der Waals surface area (Å²) < 4.78 is 19.0. The number of Topliss-reactive ketones (excluding diaryl/α,β-unsaturated/α-hetero) is 1. The smallest absolute Gasteiger partial charge is 0.300 e. The van der Waals surface area contributed by atoms with Gasteiger partial charge in [-0.1, -0.05) is 17.7 Å². The van der Waals surface area contributed by atoms with Gasteiger partial charge in [0.15, 0.2) is 0 Å². The van der Waals surface area contributed by atoms with Gasteiger partial charge in [-0.15, -0.1) is 0 Å². The molecule has 2 aromatic carbocycles. The maximum absolute atomic E-state index is 13.7. The first kappa shape index (κ1) is 21.5. The number of aryl methyl sites for hydroxylation is 1. The molecule has 162 valence electrons. The number of hydrogen-bond acceptors (Lipinski definition) is 5. The molecule has 2 heterocycles. The molecular formula is C24H18ClFN2O4. The summed E-state index contributed by atoms with van der Waals surface area (Å²) in [6.07, 6.45) is 3.05. The molecule has 0 radical (unpaired) electrons. The quantitative estimate of drug-likeness (QED) is 0.349. The van der Waals surface area contributed by atoms with E-state index in [9.17, 15) is 19.1 Å². The Morgan fingerprint density at radius 3 is 2.59 bits per heavy atom. The summed E-state index contributed by atoms with van der Waals surface area (Å²) >= 11 is 5.93. The summed E-state index contributed by atoms with van der Waals surface area (Å²) in [5, 5.41) is 10.9. The third-order valence-corrected chi connectivity index (χ3v) is 5.58. The Hall–Kier alpha value is -3.71. The number of ether oxygens (including phenoxy) is 1. The average Bonchev–Trinajstić information content (AvgIpc) is 3.06. The van der Waals surface area contributed by atoms with Crippen LogP contribution in [0, 0.1) is 12.7 Å². The van der Waals surface area contributed by atoms with Crippen LogP contribution in [0.25, 0.3) is 5.76 Å². The summed E-state index contributed by atoms with van der Waals surface area (Å²) in [5.74, 6) is -2.11. The zero-order valence-corrected chi connectivity index (χ0v) is 17.9. The minimum Gasteiger partial charge on any atom is -0.507 e. The topological polar surface area (TPSA) is 79.7 Å². The van der Waals surface area contributed by atoms with Gasteiger partial charge in [0.05, 0.1) is 23.7 Å². The van der Waals surface area contributed by atoms with Gasteiger partial charge in [-0.25, -0.2) is 4.39 Å². The lowest BCUT2D eigenvalue weighted by molar-refractivity contribution is -0.132. The largest absolute Gasteiger partial charge is 0.507 e. The number of hydrogen-bond donors (Lipinski definition) is 1. The number of carbonyl (C=O) groups excluding carboxylic acids is 2. The van der Waals surface area contributed by atoms with Crippen LogP contribution in [-0.2, 0) is 9.59 Å². The maximum atomic E-state index is 13.7. The number of aliphatic hydroxyl groups excluding tert-OH is 1. The molecule has 3 aromatic rings. The predicted octanol–water partition coefficient (Wildman–Crippen LogP) is 4.82. The van der Waals surface area contributed by atoms with Gasteiger partial charge in [0.1, 0.15) is 17.3 Å². The van der Waals surface area contributed by atoms with Gasteiger partial charge in [0, 0.05) is 23.6 Å². The van der Waals surface area contributed by atoms with Crippen LogP contribution in [-0.4, -0.2) is 28.9 Å². The van der Waals surface area contributed by atoms with Crippen LogP contribution in [0.1, 0.15) is 22.7 Å². The number of ketones is 1. The SMILES string of the molecule is COc1ccc(/C(O)=C2\C(=O)C(=O)N(c3ccc(F)c(Cl)c3)C2c2cccnc2)cc1C. The molecule has 32 heavy (non-hydrogen) atoms. The summed E-state index contributed by atoms with van der Waals surface area (Å²) in [4.78, 5) is 31.4. The summed E-state index contributed by atoms with van der Waals surface area (Å²) in [5.41, 5.74) is 1.71. The van der Waals surface area contributed by atoms with Crippen molar-refractivity contribution in [3.63, 3.8) is 0 Å². The van der Waals surface area contributed by atoms with Crippen LogP contribution < -0.4 is 9.64 Å². The van der Waals surface area contributed by atoms with E-state index in [4.69, 9.17) is 16.3 Å². The van der Waals surface area contributed by atoms with E-state index in [1.165, 1.54) is 30.3 Å². The molecule has 0 spiro atoms. The number of anilines is 1. The molecule has 0 bridgehead atoms. The fourth-order valence-electron chi connectivity index (χ4n) is 3.77. The Morgan fingerprint density at radius 1 is 1.19 bits per heavy atom. The lowest BCUT2D eigenvalue weighted by Gasteiger charge is -2.25. The Kier molecular flexibility index (Phi) is 5.67. The number of methoxy groups -OCH3 is 1. The number of pyridine rings is 1. The number of benzene rings is 2. The Bertz CT molecular complexity index is 1260. The molecule has 0 aliphatic carbocycles. The van der Waals surface area contributed by atoms with E-state index < -0.39 is 23.5 Å². The molecule has 0 saturated carbocycles. The van der Waals surface area contributed by atoms with E-state index in [1.807, 2.05) is 0 Å². The second-order valence-corrected chi connectivity index (χ2v) is 7.65. The molecule has 1 saturated heterocycles. The van der Waals surface area contributed by atoms with Gasteiger partial charge in [-0.05, 0) is 60.5 Å². The Balaban J connectivity index is 1.94. The number of carbonyl (C=O) groups is 2. The highest BCUT2D eigenvalue weighted by Crippen LogP contribution is 2.42. The second kappa shape index (κ2) is 8.43. The van der Waals surface area contributed by atoms with Crippen molar-refractivity contribution in [2.45, 2.75) is 13.0 Å². The number of rotatable bonds is 4. The van der Waals surface area contributed by atoms with Crippen LogP contribution in [0.3, 0.4) is 0 Å². The Morgan fingerprint density at radius 2 is 1.97 bits per heavy atom. The van der Waals surface area contributed by atoms with Gasteiger partial charge in [-0.2, -0.15) is 0 Å². The first-order valence-electron chi connectivity index (χ1n) is 9.64. The molecule has 1 fully saturated rings. The molecule has 1 N–H and O–H groups in total. The molecule has 8 heteroatoms. The molecule has 4 rings (SSSR count). The number of nitrogens with zero attached hydrogens (tertiary/aromatic N) is 2. The van der Waals surface area contributed by atoms with E-state index in [0.717, 1.165) is 11.6 Å². The van der Waals surface area contributed by atoms with Crippen molar-refractivity contribution < 1.29 is 23.8 Å². The molecule has 1 aromatic heterocycles. The number of aromatic nitrogens is 1. The third kappa shape index (κ3) is 3.61. The van der Waals surface area contributed by atoms with Crippen LogP contribution in [0.15, 0.2) is 66.5 Å². The van der Waals surface area contributed by atoms with E-state index >= 15 is 0 Å². The minimum atomic E-state index is -0.979. The normalized spacial score (nSPS) is 17.6. The van der Waals surface area contributed by atoms with Crippen LogP contribution in [0.4, 0.5) is 10.1 Å². The molecule has 1 aliphatic heterocycles. The first-order valence-corrected chi connectivity index (χ1v) is 10.0. The Labute approximate surface area is 188 Å². The highest BCUT2D eigenvalue weighted by molar-refractivity contribution is 6.51. The van der Waals surface area contributed by atoms with Crippen molar-refractivity contribution >= 4 is 34.7 Å². The van der Waals surface area contributed by atoms with Gasteiger partial charge in [-0.3, -0.25) is 19.5 Å². The van der Waals surface area contributed by atoms with Crippen molar-refractivity contribution in [3.8, 4) is 5.75 Å². The highest BCUT2D eigenvalue weighted by Gasteiger charge is 2.47. The predicted molar refractivity (Wildman–Crippen MR) is 118 cm³/mol. The van der Waals surface area contributed by atoms with E-state index in [1.54, 1.807) is 43.5 Å². The first-order chi connectivity index (χ1) is 15.3. The van der Waals surface area contributed by atoms with E-state index in [-0.39, 0.29) is 22.0 Å². The fraction of sp³-hybridized carbons (Fsp3) is 0.125. The van der Waals surface area contributed by atoms with Gasteiger partial charge >= 0.3 is 0 Å². The van der Waals surface area contributed by atoms with Crippen molar-refractivity contribution in [1.82, 2.24) is 4.98 Å². The maximum Gasteiger partial charge on any atom is 0.300 e. The van der Waals surface area contributed by atoms with E-state index in [0.29, 0.717) is 16.9 Å². The molecule has 1 aliphatic rings. The van der Waals surface area contributed by atoms with Gasteiger partial charge in [0.25, 0.3) is 11.7 Å². The zero-order chi connectivity index (χ0) is 23.0. The van der Waals surface area contributed by atoms with Crippen LogP contribution >= 0.6 is 11.6 Å². The second-order valence-electron chi connectivity index (χ2n) is 7.24. The van der Waals surface area contributed by atoms with Crippen LogP contribution in [0.2, 0.25) is 5.02 Å². The minimum absolute atomic E-state index is 0.104. The fourth-order valence-corrected chi connectivity index (χ4v) is 3.94. The molecular weight excluding hydrogens is 435 g/mol. The number of halogens is 2. The van der Waals surface area contributed by atoms with Crippen molar-refractivity contribution in [2.24, 2.45) is 0 Å². The number of aliphatic hydroxyl groups is 1. The van der Waals surface area contributed by atoms with Crippen molar-refractivity contribution in [1.29, 1.82) is 0 Å². The van der Waals surface area contributed by atoms with Crippen LogP contribution in [0.5, 0.6) is 5.75 Å². The van der Waals surface area contributed by atoms with E-state index in [2.05, 4.69) is 4.98 Å².